The van der Waals surface area contributed by atoms with Crippen molar-refractivity contribution in [1.82, 2.24) is 7.19 Å². The molecule has 8 aliphatic rings. The number of aliphatic imine (C=N–C) groups is 4. The Morgan fingerprint density at radius 3 is 0.876 bits per heavy atom. The van der Waals surface area contributed by atoms with Crippen molar-refractivity contribution in [3.8, 4) is 0 Å². The number of halogens is 12. The molecule has 4 atom stereocenters. The number of rotatable bonds is 12. The van der Waals surface area contributed by atoms with Gasteiger partial charge in [-0.15, -0.1) is 0 Å². The topological polar surface area (TPSA) is 227 Å². The average Bonchev–Trinajstić information content (AvgIpc) is 1.53. The van der Waals surface area contributed by atoms with Crippen LogP contribution in [-0.4, -0.2) is 85.2 Å². The molecule has 8 aliphatic heterocycles. The number of carbonyl (C=O) groups is 2. The van der Waals surface area contributed by atoms with E-state index in [1.165, 1.54) is 0 Å². The molecular formula is C90H50Br12CuN10O8. The molecule has 18 rings (SSSR count). The normalized spacial score (nSPS) is 23.6. The molecule has 8 aromatic carbocycles. The number of anilines is 2. The minimum absolute atomic E-state index is 0. The van der Waals surface area contributed by atoms with Crippen LogP contribution in [0.3, 0.4) is 0 Å². The largest absolute Gasteiger partial charge is 0.476 e. The molecule has 10 aromatic rings. The fraction of sp³-hybridized carbons (Fsp3) is 0.0444. The van der Waals surface area contributed by atoms with Crippen LogP contribution in [0.25, 0.3) is 51.4 Å². The van der Waals surface area contributed by atoms with Crippen LogP contribution in [-0.2, 0) is 26.7 Å². The molecule has 2 N–H and O–H groups in total. The quantitative estimate of drug-likeness (QED) is 0.0668. The van der Waals surface area contributed by atoms with Gasteiger partial charge in [0.25, 0.3) is 0 Å². The number of para-hydroxylation sites is 2. The number of aliphatic carboxylic acids is 2. The Morgan fingerprint density at radius 2 is 0.603 bits per heavy atom. The molecule has 121 heavy (non-hydrogen) atoms. The Morgan fingerprint density at radius 1 is 0.347 bits per heavy atom. The molecule has 18 nitrogen and oxygen atoms in total. The van der Waals surface area contributed by atoms with E-state index in [1.807, 2.05) is 189 Å². The SMILES string of the molecule is O=C(O)C1([N+](=O)[O-])C(c2ccccc2)=C2/C(c3ccccc3)=C3N=C(C(Br)=C\3c3ccccc3)/C(Br)=c3/c(Br)c(Br)/c(n3Br)=C(\Br)C3=N/C(=C\C1N2c1ccccc1)C=C3.O=C(O)C1([N+](=O)[O-])C(c2ccccc2)=C2/C(c3ccccc3)=C3N=C(C(Br)=C\3c3ccccc3)/C(Br)=c3/c(Br)c(Br)/c(n3Br)=C(\Br)C3=N/C(=C\C1N2c1ccccc1)C=C3.[Cu]. The zero-order valence-electron chi connectivity index (χ0n) is 61.4. The molecule has 0 amide bonds. The number of benzene rings is 8. The van der Waals surface area contributed by atoms with Gasteiger partial charge in [0.05, 0.1) is 167 Å². The van der Waals surface area contributed by atoms with Crippen molar-refractivity contribution >= 4 is 289 Å². The van der Waals surface area contributed by atoms with E-state index in [9.17, 15) is 40.0 Å². The second kappa shape index (κ2) is 34.9. The van der Waals surface area contributed by atoms with Gasteiger partial charge in [0, 0.05) is 60.6 Å². The third kappa shape index (κ3) is 14.3. The van der Waals surface area contributed by atoms with E-state index in [0.29, 0.717) is 179 Å². The van der Waals surface area contributed by atoms with E-state index < -0.39 is 44.9 Å². The zero-order valence-corrected chi connectivity index (χ0v) is 81.3. The molecule has 0 fully saturated rings. The van der Waals surface area contributed by atoms with Crippen LogP contribution in [0.4, 0.5) is 11.4 Å². The van der Waals surface area contributed by atoms with Gasteiger partial charge < -0.3 is 20.0 Å². The molecular weight excluding hydrogens is 2370 g/mol. The van der Waals surface area contributed by atoms with Crippen molar-refractivity contribution in [3.05, 3.63) is 415 Å². The summed E-state index contributed by atoms with van der Waals surface area (Å²) < 4.78 is 10.1. The molecule has 10 heterocycles. The molecule has 16 bridgehead atoms. The van der Waals surface area contributed by atoms with Gasteiger partial charge in [-0.2, -0.15) is 0 Å². The Labute approximate surface area is 801 Å². The van der Waals surface area contributed by atoms with Gasteiger partial charge in [-0.05, 0) is 253 Å². The fourth-order valence-electron chi connectivity index (χ4n) is 16.1. The summed E-state index contributed by atoms with van der Waals surface area (Å²) in [5.41, 5.74) is 5.62. The van der Waals surface area contributed by atoms with Crippen LogP contribution in [0.5, 0.6) is 0 Å². The van der Waals surface area contributed by atoms with E-state index in [0.717, 1.165) is 11.1 Å². The molecule has 0 spiro atoms. The van der Waals surface area contributed by atoms with Crippen LogP contribution in [0.15, 0.2) is 360 Å². The van der Waals surface area contributed by atoms with Crippen molar-refractivity contribution < 1.29 is 46.7 Å². The van der Waals surface area contributed by atoms with Gasteiger partial charge in [0.15, 0.2) is 0 Å². The van der Waals surface area contributed by atoms with Crippen molar-refractivity contribution in [3.63, 3.8) is 0 Å². The van der Waals surface area contributed by atoms with Crippen LogP contribution in [0.2, 0.25) is 0 Å². The third-order valence-electron chi connectivity index (χ3n) is 21.2. The van der Waals surface area contributed by atoms with Crippen molar-refractivity contribution in [2.24, 2.45) is 20.0 Å². The summed E-state index contributed by atoms with van der Waals surface area (Å²) in [5.74, 6) is -3.27. The number of carboxylic acid groups (broad SMARTS) is 2. The predicted octanol–water partition coefficient (Wildman–Crippen LogP) is 22.3. The molecule has 0 saturated heterocycles. The first-order valence-corrected chi connectivity index (χ1v) is 45.6. The molecule has 0 aliphatic carbocycles. The summed E-state index contributed by atoms with van der Waals surface area (Å²) in [7, 11) is 0. The molecule has 1 radical (unpaired) electrons. The second-order valence-electron chi connectivity index (χ2n) is 27.7. The molecule has 4 unspecified atom stereocenters. The Kier molecular flexibility index (Phi) is 24.8. The maximum atomic E-state index is 14.3. The third-order valence-corrected chi connectivity index (χ3v) is 31.4. The van der Waals surface area contributed by atoms with E-state index in [-0.39, 0.29) is 28.2 Å². The number of carboxylic acids is 2. The molecule has 2 aromatic heterocycles. The van der Waals surface area contributed by atoms with E-state index in [2.05, 4.69) is 192 Å². The number of aromatic nitrogens is 2. The molecule has 603 valence electrons. The number of nitrogens with zero attached hydrogens (tertiary/aromatic N) is 10. The van der Waals surface area contributed by atoms with Crippen molar-refractivity contribution in [2.45, 2.75) is 23.2 Å². The number of nitro groups is 2. The van der Waals surface area contributed by atoms with Gasteiger partial charge in [-0.1, -0.05) is 218 Å². The number of allylic oxidation sites excluding steroid dienone is 10. The monoisotopic (exact) mass is 2410 g/mol. The zero-order chi connectivity index (χ0) is 84.1. The van der Waals surface area contributed by atoms with Crippen LogP contribution >= 0.6 is 192 Å². The maximum Gasteiger partial charge on any atom is 0.390 e. The standard InChI is InChI=1S/2C45H25Br6N5O4.Cu/c2*46-34-29-22-21-27(52-29)23-30-45(44(57)58,56(59)60)33(26-17-9-3-10-18-26)41(54(30)28-19-11-4-12-20-28)32(25-15-7-2-8-16-25)39-31(24-13-5-1-6-14-24)35(47)40(53-39)38(50)43-37(49)36(48)42(34)55(43)51;/h2*1-23,30H,(H,57,58);/b2*27-23-,39-32-,42-34+,43-38+;. The van der Waals surface area contributed by atoms with Gasteiger partial charge in [0.2, 0.25) is 0 Å². The van der Waals surface area contributed by atoms with Gasteiger partial charge in [0.1, 0.15) is 12.1 Å². The predicted molar refractivity (Wildman–Crippen MR) is 519 cm³/mol. The van der Waals surface area contributed by atoms with Crippen molar-refractivity contribution in [1.29, 1.82) is 0 Å². The Balaban J connectivity index is 0.000000178. The second-order valence-corrected chi connectivity index (χ2v) is 37.0. The maximum absolute atomic E-state index is 14.3. The minimum Gasteiger partial charge on any atom is -0.476 e. The Bertz CT molecular complexity index is 6490. The van der Waals surface area contributed by atoms with E-state index in [4.69, 9.17) is 20.0 Å². The first-order chi connectivity index (χ1) is 57.9. The summed E-state index contributed by atoms with van der Waals surface area (Å²) in [6.45, 7) is 0. The molecule has 31 heteroatoms. The number of hydrogen-bond donors (Lipinski definition) is 2. The summed E-state index contributed by atoms with van der Waals surface area (Å²) in [5, 5.41) is 54.4. The number of fused-ring (bicyclic) bond motifs is 12. The van der Waals surface area contributed by atoms with Gasteiger partial charge in [-0.25, -0.2) is 29.6 Å². The van der Waals surface area contributed by atoms with Crippen LogP contribution < -0.4 is 31.2 Å². The number of hydrogen-bond acceptors (Lipinski definition) is 12. The summed E-state index contributed by atoms with van der Waals surface area (Å²) >= 11 is 46.4. The van der Waals surface area contributed by atoms with Gasteiger partial charge in [-0.3, -0.25) is 27.4 Å². The average molecular weight is 2420 g/mol. The first-order valence-electron chi connectivity index (χ1n) is 36.3. The summed E-state index contributed by atoms with van der Waals surface area (Å²) in [4.78, 5) is 80.2. The van der Waals surface area contributed by atoms with Crippen LogP contribution in [0, 0.1) is 20.2 Å². The summed E-state index contributed by atoms with van der Waals surface area (Å²) in [6, 6.07) is 71.3. The Hall–Kier alpha value is -8.50. The van der Waals surface area contributed by atoms with Gasteiger partial charge >= 0.3 is 23.0 Å². The smallest absolute Gasteiger partial charge is 0.390 e. The van der Waals surface area contributed by atoms with Crippen LogP contribution in [0.1, 0.15) is 33.4 Å². The fourth-order valence-corrected chi connectivity index (χ4v) is 27.2. The first kappa shape index (κ1) is 86.0. The van der Waals surface area contributed by atoms with E-state index >= 15 is 0 Å². The molecule has 0 saturated carbocycles. The van der Waals surface area contributed by atoms with E-state index in [1.54, 1.807) is 107 Å². The minimum atomic E-state index is -2.78. The van der Waals surface area contributed by atoms with Crippen molar-refractivity contribution in [2.75, 3.05) is 9.80 Å². The summed E-state index contributed by atoms with van der Waals surface area (Å²) in [6.07, 6.45) is 10.2.